The minimum Gasteiger partial charge on any atom is -0.480 e. The summed E-state index contributed by atoms with van der Waals surface area (Å²) in [6, 6.07) is -3.79. The number of carbonyl (C=O) groups excluding carboxylic acids is 3. The van der Waals surface area contributed by atoms with Crippen LogP contribution >= 0.6 is 12.6 Å². The van der Waals surface area contributed by atoms with E-state index in [-0.39, 0.29) is 17.6 Å². The van der Waals surface area contributed by atoms with Gasteiger partial charge in [0.1, 0.15) is 18.1 Å². The number of aliphatic carboxylic acids is 1. The van der Waals surface area contributed by atoms with Crippen LogP contribution in [0.15, 0.2) is 0 Å². The Labute approximate surface area is 159 Å². The Balaban J connectivity index is 5.14. The molecule has 4 unspecified atom stereocenters. The zero-order valence-electron chi connectivity index (χ0n) is 15.8. The number of thiol groups is 1. The third kappa shape index (κ3) is 7.61. The molecule has 0 aromatic carbocycles. The zero-order chi connectivity index (χ0) is 20.6. The van der Waals surface area contributed by atoms with Crippen molar-refractivity contribution in [3.63, 3.8) is 0 Å². The molecule has 0 aromatic rings. The lowest BCUT2D eigenvalue weighted by atomic mass is 10.00. The fraction of sp³-hybridized carbons (Fsp3) is 0.750. The van der Waals surface area contributed by atoms with Crippen LogP contribution in [0.5, 0.6) is 0 Å². The smallest absolute Gasteiger partial charge is 0.326 e. The van der Waals surface area contributed by atoms with Crippen molar-refractivity contribution in [2.24, 2.45) is 17.6 Å². The predicted octanol–water partition coefficient (Wildman–Crippen LogP) is -0.886. The van der Waals surface area contributed by atoms with Gasteiger partial charge in [-0.3, -0.25) is 14.4 Å². The second kappa shape index (κ2) is 11.0. The van der Waals surface area contributed by atoms with Crippen LogP contribution in [0.2, 0.25) is 0 Å². The Morgan fingerprint density at radius 3 is 1.65 bits per heavy atom. The fourth-order valence-corrected chi connectivity index (χ4v) is 2.30. The van der Waals surface area contributed by atoms with Crippen LogP contribution in [-0.4, -0.2) is 58.7 Å². The summed E-state index contributed by atoms with van der Waals surface area (Å²) >= 11 is 4.04. The van der Waals surface area contributed by atoms with Crippen molar-refractivity contribution in [3.8, 4) is 0 Å². The summed E-state index contributed by atoms with van der Waals surface area (Å²) in [4.78, 5) is 47.8. The lowest BCUT2D eigenvalue weighted by molar-refractivity contribution is -0.143. The van der Waals surface area contributed by atoms with Crippen molar-refractivity contribution >= 4 is 36.3 Å². The van der Waals surface area contributed by atoms with Crippen molar-refractivity contribution in [2.45, 2.75) is 58.8 Å². The summed E-state index contributed by atoms with van der Waals surface area (Å²) in [7, 11) is 0. The van der Waals surface area contributed by atoms with Crippen LogP contribution < -0.4 is 21.7 Å². The number of rotatable bonds is 10. The van der Waals surface area contributed by atoms with Gasteiger partial charge in [0.05, 0.1) is 6.04 Å². The van der Waals surface area contributed by atoms with E-state index in [9.17, 15) is 24.3 Å². The summed E-state index contributed by atoms with van der Waals surface area (Å²) in [5.41, 5.74) is 5.46. The van der Waals surface area contributed by atoms with Crippen molar-refractivity contribution in [1.29, 1.82) is 0 Å². The first-order valence-electron chi connectivity index (χ1n) is 8.42. The van der Waals surface area contributed by atoms with Crippen LogP contribution in [-0.2, 0) is 19.2 Å². The van der Waals surface area contributed by atoms with Crippen LogP contribution in [0.4, 0.5) is 0 Å². The average Bonchev–Trinajstić information content (AvgIpc) is 2.53. The van der Waals surface area contributed by atoms with Gasteiger partial charge >= 0.3 is 5.97 Å². The number of nitrogens with one attached hydrogen (secondary N) is 3. The van der Waals surface area contributed by atoms with Crippen LogP contribution in [0, 0.1) is 11.8 Å². The average molecular weight is 391 g/mol. The quantitative estimate of drug-likeness (QED) is 0.266. The highest BCUT2D eigenvalue weighted by Crippen LogP contribution is 2.07. The molecule has 0 aliphatic carbocycles. The first-order valence-corrected chi connectivity index (χ1v) is 9.05. The molecule has 3 amide bonds. The number of nitrogens with two attached hydrogens (primary N) is 1. The maximum absolute atomic E-state index is 12.5. The Morgan fingerprint density at radius 2 is 1.31 bits per heavy atom. The first kappa shape index (κ1) is 24.2. The lowest BCUT2D eigenvalue weighted by Gasteiger charge is -2.27. The second-order valence-electron chi connectivity index (χ2n) is 6.83. The summed E-state index contributed by atoms with van der Waals surface area (Å²) in [6.45, 7) is 8.24. The van der Waals surface area contributed by atoms with Gasteiger partial charge in [0.2, 0.25) is 17.7 Å². The zero-order valence-corrected chi connectivity index (χ0v) is 16.7. The van der Waals surface area contributed by atoms with E-state index in [0.29, 0.717) is 0 Å². The molecule has 0 saturated heterocycles. The van der Waals surface area contributed by atoms with E-state index in [1.807, 2.05) is 0 Å². The largest absolute Gasteiger partial charge is 0.480 e. The van der Waals surface area contributed by atoms with Crippen molar-refractivity contribution < 1.29 is 24.3 Å². The molecule has 0 bridgehead atoms. The highest BCUT2D eigenvalue weighted by molar-refractivity contribution is 7.80. The number of carbonyl (C=O) groups is 4. The Morgan fingerprint density at radius 1 is 0.846 bits per heavy atom. The molecule has 0 heterocycles. The molecule has 6 N–H and O–H groups in total. The third-order valence-corrected chi connectivity index (χ3v) is 4.07. The molecule has 0 fully saturated rings. The molecule has 150 valence electrons. The van der Waals surface area contributed by atoms with E-state index in [4.69, 9.17) is 5.73 Å². The summed E-state index contributed by atoms with van der Waals surface area (Å²) in [5, 5.41) is 16.6. The van der Waals surface area contributed by atoms with E-state index in [2.05, 4.69) is 28.6 Å². The molecule has 0 rings (SSSR count). The molecule has 9 nitrogen and oxygen atoms in total. The normalized spacial score (nSPS) is 15.7. The summed E-state index contributed by atoms with van der Waals surface area (Å²) < 4.78 is 0. The number of amides is 3. The van der Waals surface area contributed by atoms with Gasteiger partial charge in [-0.25, -0.2) is 4.79 Å². The van der Waals surface area contributed by atoms with E-state index in [1.54, 1.807) is 27.7 Å². The van der Waals surface area contributed by atoms with Crippen LogP contribution in [0.1, 0.15) is 34.6 Å². The number of hydrogen-bond donors (Lipinski definition) is 6. The molecule has 0 aliphatic rings. The third-order valence-electron chi connectivity index (χ3n) is 3.71. The molecule has 10 heteroatoms. The summed E-state index contributed by atoms with van der Waals surface area (Å²) in [5.74, 6) is -3.48. The highest BCUT2D eigenvalue weighted by atomic mass is 32.1. The number of carboxylic acids is 1. The molecule has 0 spiro atoms. The van der Waals surface area contributed by atoms with Gasteiger partial charge in [-0.2, -0.15) is 12.6 Å². The predicted molar refractivity (Wildman–Crippen MR) is 101 cm³/mol. The fourth-order valence-electron chi connectivity index (χ4n) is 2.04. The van der Waals surface area contributed by atoms with Gasteiger partial charge in [-0.15, -0.1) is 0 Å². The molecule has 26 heavy (non-hydrogen) atoms. The van der Waals surface area contributed by atoms with E-state index >= 15 is 0 Å². The molecule has 4 atom stereocenters. The van der Waals surface area contributed by atoms with Gasteiger partial charge in [-0.1, -0.05) is 27.7 Å². The molecule has 0 aromatic heterocycles. The van der Waals surface area contributed by atoms with Gasteiger partial charge < -0.3 is 26.8 Å². The molecular weight excluding hydrogens is 360 g/mol. The first-order chi connectivity index (χ1) is 11.9. The molecular formula is C16H30N4O5S. The lowest BCUT2D eigenvalue weighted by Crippen LogP contribution is -2.59. The van der Waals surface area contributed by atoms with Crippen molar-refractivity contribution in [1.82, 2.24) is 16.0 Å². The van der Waals surface area contributed by atoms with E-state index in [1.165, 1.54) is 6.92 Å². The van der Waals surface area contributed by atoms with Crippen LogP contribution in [0.25, 0.3) is 0 Å². The van der Waals surface area contributed by atoms with Crippen molar-refractivity contribution in [3.05, 3.63) is 0 Å². The van der Waals surface area contributed by atoms with Gasteiger partial charge in [0.15, 0.2) is 0 Å². The van der Waals surface area contributed by atoms with E-state index < -0.39 is 47.9 Å². The minimum atomic E-state index is -1.15. The molecule has 0 aliphatic heterocycles. The minimum absolute atomic E-state index is 0.0144. The Bertz CT molecular complexity index is 525. The maximum Gasteiger partial charge on any atom is 0.326 e. The van der Waals surface area contributed by atoms with Crippen molar-refractivity contribution in [2.75, 3.05) is 5.75 Å². The standard InChI is InChI=1S/C16H30N4O5S/c1-7(2)11(15(23)20-12(8(3)4)16(24)25)19-14(22)10(6-26)18-13(21)9(5)17/h7-12,26H,6,17H2,1-5H3,(H,18,21)(H,19,22)(H,20,23)(H,24,25). The highest BCUT2D eigenvalue weighted by Gasteiger charge is 2.32. The topological polar surface area (TPSA) is 151 Å². The Hall–Kier alpha value is -1.81. The molecule has 0 radical (unpaired) electrons. The maximum atomic E-state index is 12.5. The van der Waals surface area contributed by atoms with E-state index in [0.717, 1.165) is 0 Å². The van der Waals surface area contributed by atoms with Crippen LogP contribution in [0.3, 0.4) is 0 Å². The van der Waals surface area contributed by atoms with Gasteiger partial charge in [-0.05, 0) is 18.8 Å². The monoisotopic (exact) mass is 390 g/mol. The Kier molecular flexibility index (Phi) is 10.3. The summed E-state index contributed by atoms with van der Waals surface area (Å²) in [6.07, 6.45) is 0. The SMILES string of the molecule is CC(N)C(=O)NC(CS)C(=O)NC(C(=O)NC(C(=O)O)C(C)C)C(C)C. The molecule has 0 saturated carbocycles. The van der Waals surface area contributed by atoms with Gasteiger partial charge in [0.25, 0.3) is 0 Å². The second-order valence-corrected chi connectivity index (χ2v) is 7.20. The number of carboxylic acid groups (broad SMARTS) is 1. The van der Waals surface area contributed by atoms with Gasteiger partial charge in [0, 0.05) is 5.75 Å². The number of hydrogen-bond acceptors (Lipinski definition) is 6.